The van der Waals surface area contributed by atoms with Crippen molar-refractivity contribution >= 4 is 11.6 Å². The van der Waals surface area contributed by atoms with Gasteiger partial charge in [-0.1, -0.05) is 42.5 Å². The molecule has 2 aromatic carbocycles. The minimum atomic E-state index is -0.346. The van der Waals surface area contributed by atoms with Crippen molar-refractivity contribution in [1.29, 1.82) is 0 Å². The van der Waals surface area contributed by atoms with E-state index in [0.29, 0.717) is 0 Å². The maximum absolute atomic E-state index is 13.1. The third-order valence-electron chi connectivity index (χ3n) is 6.09. The van der Waals surface area contributed by atoms with Crippen molar-refractivity contribution < 1.29 is 10.0 Å². The first-order chi connectivity index (χ1) is 16.1. The summed E-state index contributed by atoms with van der Waals surface area (Å²) in [7, 11) is 1.92. The van der Waals surface area contributed by atoms with E-state index in [1.807, 2.05) is 78.5 Å². The summed E-state index contributed by atoms with van der Waals surface area (Å²) in [6.07, 6.45) is 5.01. The number of anilines is 1. The molecule has 1 atom stereocenters. The lowest BCUT2D eigenvalue weighted by Crippen LogP contribution is -2.36. The average molecular weight is 440 g/mol. The lowest BCUT2D eigenvalue weighted by Gasteiger charge is -2.24. The van der Waals surface area contributed by atoms with E-state index >= 15 is 0 Å². The quantitative estimate of drug-likeness (QED) is 0.490. The van der Waals surface area contributed by atoms with E-state index in [-0.39, 0.29) is 17.4 Å². The molecule has 33 heavy (non-hydrogen) atoms. The number of aryl methyl sites for hydroxylation is 1. The summed E-state index contributed by atoms with van der Waals surface area (Å²) >= 11 is 0. The maximum atomic E-state index is 13.1. The van der Waals surface area contributed by atoms with Crippen molar-refractivity contribution in [1.82, 2.24) is 14.5 Å². The smallest absolute Gasteiger partial charge is 0.270 e. The summed E-state index contributed by atoms with van der Waals surface area (Å²) in [5.74, 6) is -0.251. The minimum absolute atomic E-state index is 0.220. The second-order valence-corrected chi connectivity index (χ2v) is 8.17. The lowest BCUT2D eigenvalue weighted by molar-refractivity contribution is -0.119. The number of pyridine rings is 1. The van der Waals surface area contributed by atoms with Gasteiger partial charge in [-0.05, 0) is 54.3 Å². The molecule has 1 fully saturated rings. The summed E-state index contributed by atoms with van der Waals surface area (Å²) in [6.45, 7) is 0.795. The first-order valence-corrected chi connectivity index (χ1v) is 11.0. The van der Waals surface area contributed by atoms with E-state index < -0.39 is 0 Å². The van der Waals surface area contributed by atoms with Gasteiger partial charge in [-0.2, -0.15) is 14.8 Å². The third kappa shape index (κ3) is 4.17. The topological polar surface area (TPSA) is 75.7 Å². The van der Waals surface area contributed by atoms with Gasteiger partial charge in [-0.25, -0.2) is 0 Å². The molecular formula is C26H25N5O2. The van der Waals surface area contributed by atoms with Crippen LogP contribution < -0.4 is 10.4 Å². The third-order valence-corrected chi connectivity index (χ3v) is 6.09. The zero-order chi connectivity index (χ0) is 22.8. The summed E-state index contributed by atoms with van der Waals surface area (Å²) in [6, 6.07) is 23.1. The van der Waals surface area contributed by atoms with Gasteiger partial charge < -0.3 is 10.1 Å². The first-order valence-electron chi connectivity index (χ1n) is 11.0. The number of hydrogen-bond donors (Lipinski definition) is 1. The van der Waals surface area contributed by atoms with Crippen LogP contribution in [0.2, 0.25) is 0 Å². The van der Waals surface area contributed by atoms with Crippen LogP contribution in [0.3, 0.4) is 0 Å². The molecule has 4 aromatic rings. The standard InChI is InChI=1S/C26H25N5O2/c1-29-23(15-16-27-29)20-9-12-22(13-10-20)30-17-5-8-24(30)26(32)28-25-14-11-21(18-31(25)33)19-6-3-2-4-7-19/h2-4,6-7,9-16,18,24,33H,5,8,17H2,1H3. The lowest BCUT2D eigenvalue weighted by atomic mass is 10.1. The van der Waals surface area contributed by atoms with E-state index in [1.165, 1.54) is 0 Å². The van der Waals surface area contributed by atoms with Gasteiger partial charge in [0.05, 0.1) is 11.9 Å². The maximum Gasteiger partial charge on any atom is 0.270 e. The van der Waals surface area contributed by atoms with E-state index in [9.17, 15) is 10.0 Å². The van der Waals surface area contributed by atoms with Crippen molar-refractivity contribution in [3.63, 3.8) is 0 Å². The van der Waals surface area contributed by atoms with Gasteiger partial charge in [0.15, 0.2) is 5.49 Å². The number of hydrogen-bond acceptors (Lipinski definition) is 4. The van der Waals surface area contributed by atoms with Crippen molar-refractivity contribution in [2.45, 2.75) is 18.9 Å². The Balaban J connectivity index is 1.37. The molecule has 1 aliphatic heterocycles. The van der Waals surface area contributed by atoms with Gasteiger partial charge in [0.1, 0.15) is 6.04 Å². The molecule has 166 valence electrons. The molecule has 1 aliphatic rings. The molecule has 1 N–H and O–H groups in total. The van der Waals surface area contributed by atoms with Crippen LogP contribution in [0.1, 0.15) is 12.8 Å². The Kier molecular flexibility index (Phi) is 5.52. The van der Waals surface area contributed by atoms with Crippen molar-refractivity contribution in [3.8, 4) is 22.4 Å². The number of amides is 1. The van der Waals surface area contributed by atoms with Crippen molar-refractivity contribution in [3.05, 3.63) is 90.7 Å². The Morgan fingerprint density at radius 3 is 2.42 bits per heavy atom. The largest absolute Gasteiger partial charge is 0.427 e. The predicted octanol–water partition coefficient (Wildman–Crippen LogP) is 3.89. The monoisotopic (exact) mass is 439 g/mol. The minimum Gasteiger partial charge on any atom is -0.427 e. The van der Waals surface area contributed by atoms with E-state index in [2.05, 4.69) is 15.0 Å². The summed E-state index contributed by atoms with van der Waals surface area (Å²) in [5.41, 5.74) is 5.15. The number of carbonyl (C=O) groups is 1. The van der Waals surface area contributed by atoms with Crippen LogP contribution in [0.5, 0.6) is 0 Å². The van der Waals surface area contributed by atoms with E-state index in [4.69, 9.17) is 0 Å². The predicted molar refractivity (Wildman–Crippen MR) is 127 cm³/mol. The number of rotatable bonds is 4. The molecular weight excluding hydrogens is 414 g/mol. The van der Waals surface area contributed by atoms with Gasteiger partial charge in [0.2, 0.25) is 0 Å². The number of aromatic nitrogens is 3. The molecule has 7 nitrogen and oxygen atoms in total. The molecule has 1 unspecified atom stereocenters. The fraction of sp³-hybridized carbons (Fsp3) is 0.192. The average Bonchev–Trinajstić information content (AvgIpc) is 3.50. The number of nitrogens with zero attached hydrogens (tertiary/aromatic N) is 5. The molecule has 3 heterocycles. The number of carbonyl (C=O) groups excluding carboxylic acids is 1. The first kappa shape index (κ1) is 20.8. The fourth-order valence-electron chi connectivity index (χ4n) is 4.37. The molecule has 0 aliphatic carbocycles. The normalized spacial score (nSPS) is 16.3. The van der Waals surface area contributed by atoms with Crippen molar-refractivity contribution in [2.24, 2.45) is 12.0 Å². The van der Waals surface area contributed by atoms with E-state index in [1.54, 1.807) is 18.5 Å². The van der Waals surface area contributed by atoms with Crippen LogP contribution in [0.4, 0.5) is 5.69 Å². The van der Waals surface area contributed by atoms with Crippen LogP contribution in [-0.2, 0) is 11.8 Å². The summed E-state index contributed by atoms with van der Waals surface area (Å²) in [4.78, 5) is 19.4. The SMILES string of the molecule is Cn1nccc1-c1ccc(N2CCCC2C(=O)N=c2ccc(-c3ccccc3)cn2O)cc1. The van der Waals surface area contributed by atoms with Gasteiger partial charge in [0.25, 0.3) is 5.91 Å². The number of benzene rings is 2. The Morgan fingerprint density at radius 1 is 0.970 bits per heavy atom. The Bertz CT molecular complexity index is 1340. The van der Waals surface area contributed by atoms with Crippen LogP contribution in [-0.4, -0.2) is 38.2 Å². The molecule has 1 amide bonds. The van der Waals surface area contributed by atoms with Crippen LogP contribution in [0.25, 0.3) is 22.4 Å². The Morgan fingerprint density at radius 2 is 1.73 bits per heavy atom. The highest BCUT2D eigenvalue weighted by Gasteiger charge is 2.30. The van der Waals surface area contributed by atoms with Gasteiger partial charge in [-0.15, -0.1) is 0 Å². The molecule has 5 rings (SSSR count). The molecule has 2 aromatic heterocycles. The summed E-state index contributed by atoms with van der Waals surface area (Å²) < 4.78 is 2.76. The molecule has 0 saturated carbocycles. The molecule has 1 saturated heterocycles. The van der Waals surface area contributed by atoms with Gasteiger partial charge in [-0.3, -0.25) is 9.48 Å². The van der Waals surface area contributed by atoms with Crippen LogP contribution in [0.15, 0.2) is 90.2 Å². The molecule has 7 heteroatoms. The Hall–Kier alpha value is -4.13. The Labute approximate surface area is 191 Å². The zero-order valence-corrected chi connectivity index (χ0v) is 18.4. The molecule has 0 bridgehead atoms. The highest BCUT2D eigenvalue weighted by atomic mass is 16.5. The highest BCUT2D eigenvalue weighted by molar-refractivity contribution is 5.86. The fourth-order valence-corrected chi connectivity index (χ4v) is 4.37. The summed E-state index contributed by atoms with van der Waals surface area (Å²) in [5, 5.41) is 14.6. The van der Waals surface area contributed by atoms with Crippen molar-refractivity contribution in [2.75, 3.05) is 11.4 Å². The molecule has 0 spiro atoms. The zero-order valence-electron chi connectivity index (χ0n) is 18.4. The highest BCUT2D eigenvalue weighted by Crippen LogP contribution is 2.29. The second-order valence-electron chi connectivity index (χ2n) is 8.17. The molecule has 0 radical (unpaired) electrons. The van der Waals surface area contributed by atoms with Gasteiger partial charge in [0, 0.05) is 31.0 Å². The van der Waals surface area contributed by atoms with Crippen LogP contribution in [0, 0.1) is 0 Å². The second kappa shape index (κ2) is 8.78. The van der Waals surface area contributed by atoms with E-state index in [0.717, 1.165) is 52.2 Å². The van der Waals surface area contributed by atoms with Crippen LogP contribution >= 0.6 is 0 Å². The van der Waals surface area contributed by atoms with Gasteiger partial charge >= 0.3 is 0 Å².